The van der Waals surface area contributed by atoms with E-state index in [2.05, 4.69) is 16.4 Å². The van der Waals surface area contributed by atoms with Crippen molar-refractivity contribution in [2.45, 2.75) is 51.0 Å². The number of carbonyl (C=O) groups is 2. The van der Waals surface area contributed by atoms with Gasteiger partial charge in [-0.05, 0) is 50.7 Å². The van der Waals surface area contributed by atoms with E-state index in [1.54, 1.807) is 17.3 Å². The van der Waals surface area contributed by atoms with Crippen LogP contribution in [0.3, 0.4) is 0 Å². The SMILES string of the molecule is O=C(CC1=CCCCC1)N[C@@H]1CCCN(c2cccnc2)C1=O. The van der Waals surface area contributed by atoms with Crippen LogP contribution < -0.4 is 10.2 Å². The zero-order chi connectivity index (χ0) is 16.1. The zero-order valence-corrected chi connectivity index (χ0v) is 13.3. The molecule has 1 aromatic heterocycles. The van der Waals surface area contributed by atoms with Crippen LogP contribution in [0.5, 0.6) is 0 Å². The molecule has 1 atom stereocenters. The fraction of sp³-hybridized carbons (Fsp3) is 0.500. The lowest BCUT2D eigenvalue weighted by Crippen LogP contribution is -2.52. The Morgan fingerprint density at radius 3 is 3.00 bits per heavy atom. The summed E-state index contributed by atoms with van der Waals surface area (Å²) >= 11 is 0. The number of pyridine rings is 1. The third-order valence-corrected chi connectivity index (χ3v) is 4.50. The maximum atomic E-state index is 12.6. The number of anilines is 1. The van der Waals surface area contributed by atoms with E-state index in [1.807, 2.05) is 12.1 Å². The Labute approximate surface area is 136 Å². The molecule has 0 aromatic carbocycles. The molecule has 1 aliphatic carbocycles. The predicted octanol–water partition coefficient (Wildman–Crippen LogP) is 2.58. The fourth-order valence-corrected chi connectivity index (χ4v) is 3.30. The molecule has 23 heavy (non-hydrogen) atoms. The summed E-state index contributed by atoms with van der Waals surface area (Å²) in [5.74, 6) is -0.0697. The summed E-state index contributed by atoms with van der Waals surface area (Å²) in [4.78, 5) is 30.6. The van der Waals surface area contributed by atoms with Gasteiger partial charge in [0.2, 0.25) is 11.8 Å². The van der Waals surface area contributed by atoms with Crippen LogP contribution in [0.4, 0.5) is 5.69 Å². The molecule has 1 N–H and O–H groups in total. The number of rotatable bonds is 4. The minimum atomic E-state index is -0.416. The third-order valence-electron chi connectivity index (χ3n) is 4.50. The van der Waals surface area contributed by atoms with Crippen LogP contribution in [-0.4, -0.2) is 29.4 Å². The Balaban J connectivity index is 1.60. The quantitative estimate of drug-likeness (QED) is 0.869. The molecule has 2 heterocycles. The highest BCUT2D eigenvalue weighted by Gasteiger charge is 2.30. The minimum absolute atomic E-state index is 0.0322. The van der Waals surface area contributed by atoms with Gasteiger partial charge in [0.05, 0.1) is 11.9 Å². The van der Waals surface area contributed by atoms with E-state index in [4.69, 9.17) is 0 Å². The van der Waals surface area contributed by atoms with Crippen molar-refractivity contribution >= 4 is 17.5 Å². The van der Waals surface area contributed by atoms with Crippen LogP contribution >= 0.6 is 0 Å². The Bertz CT molecular complexity index is 598. The van der Waals surface area contributed by atoms with Gasteiger partial charge in [-0.3, -0.25) is 14.6 Å². The summed E-state index contributed by atoms with van der Waals surface area (Å²) in [6, 6.07) is 3.28. The van der Waals surface area contributed by atoms with Crippen LogP contribution in [-0.2, 0) is 9.59 Å². The van der Waals surface area contributed by atoms with Gasteiger partial charge in [0.1, 0.15) is 6.04 Å². The fourth-order valence-electron chi connectivity index (χ4n) is 3.30. The van der Waals surface area contributed by atoms with Crippen molar-refractivity contribution in [3.8, 4) is 0 Å². The highest BCUT2D eigenvalue weighted by atomic mass is 16.2. The molecule has 1 aromatic rings. The van der Waals surface area contributed by atoms with Gasteiger partial charge in [-0.25, -0.2) is 0 Å². The summed E-state index contributed by atoms with van der Waals surface area (Å²) in [7, 11) is 0. The molecular formula is C18H23N3O2. The lowest BCUT2D eigenvalue weighted by molar-refractivity contribution is -0.128. The van der Waals surface area contributed by atoms with Gasteiger partial charge in [0.15, 0.2) is 0 Å². The van der Waals surface area contributed by atoms with Gasteiger partial charge in [0.25, 0.3) is 0 Å². The van der Waals surface area contributed by atoms with E-state index in [0.717, 1.165) is 31.4 Å². The lowest BCUT2D eigenvalue weighted by atomic mass is 9.96. The number of amides is 2. The number of piperidine rings is 1. The molecule has 5 heteroatoms. The van der Waals surface area contributed by atoms with Gasteiger partial charge in [-0.15, -0.1) is 0 Å². The molecule has 0 bridgehead atoms. The maximum Gasteiger partial charge on any atom is 0.249 e. The first-order valence-corrected chi connectivity index (χ1v) is 8.43. The van der Waals surface area contributed by atoms with Gasteiger partial charge < -0.3 is 10.2 Å². The first kappa shape index (κ1) is 15.7. The molecule has 2 amide bonds. The first-order valence-electron chi connectivity index (χ1n) is 8.43. The average Bonchev–Trinajstić information content (AvgIpc) is 2.58. The largest absolute Gasteiger partial charge is 0.344 e. The Morgan fingerprint density at radius 1 is 1.35 bits per heavy atom. The summed E-state index contributed by atoms with van der Waals surface area (Å²) in [6.07, 6.45) is 12.0. The van der Waals surface area contributed by atoms with Gasteiger partial charge in [0, 0.05) is 19.2 Å². The van der Waals surface area contributed by atoms with E-state index >= 15 is 0 Å². The van der Waals surface area contributed by atoms with Crippen LogP contribution in [0, 0.1) is 0 Å². The number of carbonyl (C=O) groups excluding carboxylic acids is 2. The highest BCUT2D eigenvalue weighted by Crippen LogP contribution is 2.22. The molecule has 3 rings (SSSR count). The minimum Gasteiger partial charge on any atom is -0.344 e. The van der Waals surface area contributed by atoms with Crippen molar-refractivity contribution in [3.05, 3.63) is 36.2 Å². The van der Waals surface area contributed by atoms with Crippen molar-refractivity contribution in [2.75, 3.05) is 11.4 Å². The number of aromatic nitrogens is 1. The Hall–Kier alpha value is -2.17. The van der Waals surface area contributed by atoms with Gasteiger partial charge >= 0.3 is 0 Å². The lowest BCUT2D eigenvalue weighted by Gasteiger charge is -2.32. The third kappa shape index (κ3) is 3.97. The predicted molar refractivity (Wildman–Crippen MR) is 88.9 cm³/mol. The molecule has 2 aliphatic rings. The second-order valence-electron chi connectivity index (χ2n) is 6.25. The van der Waals surface area contributed by atoms with Crippen LogP contribution in [0.1, 0.15) is 44.9 Å². The van der Waals surface area contributed by atoms with E-state index in [1.165, 1.54) is 12.0 Å². The molecule has 122 valence electrons. The summed E-state index contributed by atoms with van der Waals surface area (Å²) in [5, 5.41) is 2.92. The number of nitrogens with zero attached hydrogens (tertiary/aromatic N) is 2. The van der Waals surface area contributed by atoms with Crippen molar-refractivity contribution in [2.24, 2.45) is 0 Å². The smallest absolute Gasteiger partial charge is 0.249 e. The van der Waals surface area contributed by atoms with E-state index in [0.29, 0.717) is 19.4 Å². The van der Waals surface area contributed by atoms with Crippen LogP contribution in [0.15, 0.2) is 36.2 Å². The second-order valence-corrected chi connectivity index (χ2v) is 6.25. The van der Waals surface area contributed by atoms with Crippen molar-refractivity contribution in [3.63, 3.8) is 0 Å². The molecule has 5 nitrogen and oxygen atoms in total. The van der Waals surface area contributed by atoms with Crippen LogP contribution in [0.2, 0.25) is 0 Å². The topological polar surface area (TPSA) is 62.3 Å². The van der Waals surface area contributed by atoms with E-state index < -0.39 is 6.04 Å². The van der Waals surface area contributed by atoms with Gasteiger partial charge in [-0.1, -0.05) is 11.6 Å². The van der Waals surface area contributed by atoms with Crippen molar-refractivity contribution < 1.29 is 9.59 Å². The number of nitrogens with one attached hydrogen (secondary N) is 1. The number of allylic oxidation sites excluding steroid dienone is 1. The molecule has 0 spiro atoms. The summed E-state index contributed by atoms with van der Waals surface area (Å²) < 4.78 is 0. The summed E-state index contributed by atoms with van der Waals surface area (Å²) in [6.45, 7) is 0.683. The standard InChI is InChI=1S/C18H23N3O2/c22-17(12-14-6-2-1-3-7-14)20-16-9-5-11-21(18(16)23)15-8-4-10-19-13-15/h4,6,8,10,13,16H,1-3,5,7,9,11-12H2,(H,20,22)/t16-/m1/s1. The van der Waals surface area contributed by atoms with Crippen molar-refractivity contribution in [1.29, 1.82) is 0 Å². The Kier molecular flexibility index (Phi) is 5.05. The zero-order valence-electron chi connectivity index (χ0n) is 13.3. The average molecular weight is 313 g/mol. The first-order chi connectivity index (χ1) is 11.2. The molecule has 0 saturated carbocycles. The highest BCUT2D eigenvalue weighted by molar-refractivity contribution is 5.99. The van der Waals surface area contributed by atoms with Crippen molar-refractivity contribution in [1.82, 2.24) is 10.3 Å². The Morgan fingerprint density at radius 2 is 2.26 bits per heavy atom. The van der Waals surface area contributed by atoms with Crippen LogP contribution in [0.25, 0.3) is 0 Å². The van der Waals surface area contributed by atoms with Gasteiger partial charge in [-0.2, -0.15) is 0 Å². The van der Waals surface area contributed by atoms with E-state index in [-0.39, 0.29) is 11.8 Å². The normalized spacial score (nSPS) is 21.7. The summed E-state index contributed by atoms with van der Waals surface area (Å²) in [5.41, 5.74) is 2.01. The molecular weight excluding hydrogens is 290 g/mol. The van der Waals surface area contributed by atoms with E-state index in [9.17, 15) is 9.59 Å². The maximum absolute atomic E-state index is 12.6. The number of hydrogen-bond acceptors (Lipinski definition) is 3. The molecule has 0 radical (unpaired) electrons. The molecule has 1 aliphatic heterocycles. The molecule has 1 saturated heterocycles. The number of hydrogen-bond donors (Lipinski definition) is 1. The second kappa shape index (κ2) is 7.40. The molecule has 1 fully saturated rings. The molecule has 0 unspecified atom stereocenters. The monoisotopic (exact) mass is 313 g/mol.